The molecule has 1 saturated heterocycles. The highest BCUT2D eigenvalue weighted by molar-refractivity contribution is 6.08. The first-order valence-electron chi connectivity index (χ1n) is 9.02. The first-order valence-corrected chi connectivity index (χ1v) is 9.02. The lowest BCUT2D eigenvalue weighted by molar-refractivity contribution is -0.150. The number of carbonyl (C=O) groups excluding carboxylic acids is 4. The fourth-order valence-corrected chi connectivity index (χ4v) is 2.78. The van der Waals surface area contributed by atoms with E-state index in [0.717, 1.165) is 23.8 Å². The lowest BCUT2D eigenvalue weighted by Gasteiger charge is -2.21. The number of hydrogen-bond acceptors (Lipinski definition) is 5. The van der Waals surface area contributed by atoms with E-state index in [-0.39, 0.29) is 5.69 Å². The van der Waals surface area contributed by atoms with E-state index in [2.05, 4.69) is 10.6 Å². The summed E-state index contributed by atoms with van der Waals surface area (Å²) in [7, 11) is 0. The van der Waals surface area contributed by atoms with Crippen LogP contribution in [0.1, 0.15) is 38.7 Å². The molecule has 0 saturated carbocycles. The topological polar surface area (TPSA) is 105 Å². The molecule has 0 spiro atoms. The average Bonchev–Trinajstić information content (AvgIpc) is 2.85. The maximum atomic E-state index is 13.5. The number of imide groups is 1. The fourth-order valence-electron chi connectivity index (χ4n) is 2.78. The smallest absolute Gasteiger partial charge is 0.326 e. The maximum absolute atomic E-state index is 13.5. The van der Waals surface area contributed by atoms with Gasteiger partial charge in [-0.25, -0.2) is 9.18 Å². The minimum Gasteiger partial charge on any atom is -0.454 e. The first-order chi connectivity index (χ1) is 13.2. The van der Waals surface area contributed by atoms with Crippen molar-refractivity contribution in [3.63, 3.8) is 0 Å². The molecule has 2 N–H and O–H groups in total. The zero-order valence-corrected chi connectivity index (χ0v) is 16.1. The highest BCUT2D eigenvalue weighted by Crippen LogP contribution is 2.23. The molecule has 9 heteroatoms. The molecule has 152 valence electrons. The maximum Gasteiger partial charge on any atom is 0.326 e. The van der Waals surface area contributed by atoms with Crippen molar-refractivity contribution in [3.05, 3.63) is 29.6 Å². The van der Waals surface area contributed by atoms with Gasteiger partial charge in [0.15, 0.2) is 6.61 Å². The van der Waals surface area contributed by atoms with Crippen molar-refractivity contribution in [2.24, 2.45) is 0 Å². The van der Waals surface area contributed by atoms with Gasteiger partial charge in [-0.2, -0.15) is 0 Å². The van der Waals surface area contributed by atoms with Crippen molar-refractivity contribution >= 4 is 29.5 Å². The van der Waals surface area contributed by atoms with Crippen molar-refractivity contribution in [1.29, 1.82) is 0 Å². The van der Waals surface area contributed by atoms with Crippen molar-refractivity contribution in [2.45, 2.75) is 45.6 Å². The zero-order valence-electron chi connectivity index (χ0n) is 16.1. The molecule has 4 amide bonds. The second-order valence-corrected chi connectivity index (χ2v) is 6.93. The second-order valence-electron chi connectivity index (χ2n) is 6.93. The molecule has 0 unspecified atom stereocenters. The van der Waals surface area contributed by atoms with Crippen LogP contribution in [0, 0.1) is 12.7 Å². The number of aryl methyl sites for hydroxylation is 1. The predicted octanol–water partition coefficient (Wildman–Crippen LogP) is 2.12. The summed E-state index contributed by atoms with van der Waals surface area (Å²) in [4.78, 5) is 49.0. The summed E-state index contributed by atoms with van der Waals surface area (Å²) in [6.07, 6.45) is 2.08. The highest BCUT2D eigenvalue weighted by Gasteiger charge is 2.47. The number of nitrogens with zero attached hydrogens (tertiary/aromatic N) is 1. The number of anilines is 1. The number of benzene rings is 1. The molecule has 2 rings (SSSR count). The first kappa shape index (κ1) is 21.3. The van der Waals surface area contributed by atoms with E-state index in [4.69, 9.17) is 4.74 Å². The van der Waals surface area contributed by atoms with E-state index in [1.165, 1.54) is 12.1 Å². The molecule has 1 aliphatic rings. The number of unbranched alkanes of at least 4 members (excludes halogenated alkanes) is 1. The van der Waals surface area contributed by atoms with Crippen molar-refractivity contribution in [1.82, 2.24) is 10.2 Å². The number of nitrogens with one attached hydrogen (secondary N) is 2. The van der Waals surface area contributed by atoms with E-state index in [0.29, 0.717) is 12.0 Å². The van der Waals surface area contributed by atoms with E-state index in [1.807, 2.05) is 6.92 Å². The minimum absolute atomic E-state index is 0.227. The van der Waals surface area contributed by atoms with Crippen LogP contribution in [0.25, 0.3) is 0 Å². The van der Waals surface area contributed by atoms with Gasteiger partial charge in [-0.15, -0.1) is 0 Å². The Bertz CT molecular complexity index is 798. The average molecular weight is 393 g/mol. The summed E-state index contributed by atoms with van der Waals surface area (Å²) in [5.74, 6) is -2.53. The highest BCUT2D eigenvalue weighted by atomic mass is 19.1. The van der Waals surface area contributed by atoms with Crippen LogP contribution in [0.15, 0.2) is 18.2 Å². The van der Waals surface area contributed by atoms with Crippen LogP contribution in [0.3, 0.4) is 0 Å². The molecule has 8 nitrogen and oxygen atoms in total. The number of carbonyl (C=O) groups is 4. The van der Waals surface area contributed by atoms with Crippen LogP contribution in [0.4, 0.5) is 14.9 Å². The van der Waals surface area contributed by atoms with Crippen LogP contribution in [0.2, 0.25) is 0 Å². The second kappa shape index (κ2) is 8.81. The summed E-state index contributed by atoms with van der Waals surface area (Å²) < 4.78 is 18.3. The van der Waals surface area contributed by atoms with Gasteiger partial charge in [0.2, 0.25) is 0 Å². The normalized spacial score (nSPS) is 18.8. The minimum atomic E-state index is -1.04. The van der Waals surface area contributed by atoms with Crippen LogP contribution in [0.5, 0.6) is 0 Å². The van der Waals surface area contributed by atoms with Crippen LogP contribution in [-0.2, 0) is 19.1 Å². The summed E-state index contributed by atoms with van der Waals surface area (Å²) >= 11 is 0. The van der Waals surface area contributed by atoms with Gasteiger partial charge >= 0.3 is 12.0 Å². The Hall–Kier alpha value is -2.97. The number of amides is 4. The molecule has 1 aliphatic heterocycles. The molecule has 0 bridgehead atoms. The van der Waals surface area contributed by atoms with Gasteiger partial charge in [0.1, 0.15) is 17.9 Å². The van der Waals surface area contributed by atoms with E-state index in [1.54, 1.807) is 13.8 Å². The molecule has 1 aromatic carbocycles. The third-order valence-corrected chi connectivity index (χ3v) is 4.48. The van der Waals surface area contributed by atoms with E-state index < -0.39 is 48.3 Å². The standard InChI is InChI=1S/C19H24FN3O5/c1-4-5-8-19(3)17(26)23(18(27)22-19)10-16(25)28-11-15(24)21-13-7-6-12(2)14(20)9-13/h6-7,9H,4-5,8,10-11H2,1-3H3,(H,21,24)(H,22,27)/t19-/m1/s1. The van der Waals surface area contributed by atoms with Gasteiger partial charge in [0.05, 0.1) is 0 Å². The van der Waals surface area contributed by atoms with Crippen LogP contribution in [-0.4, -0.2) is 47.4 Å². The van der Waals surface area contributed by atoms with Crippen molar-refractivity contribution in [3.8, 4) is 0 Å². The van der Waals surface area contributed by atoms with Crippen molar-refractivity contribution < 1.29 is 28.3 Å². The third-order valence-electron chi connectivity index (χ3n) is 4.48. The molecule has 1 aromatic rings. The fraction of sp³-hybridized carbons (Fsp3) is 0.474. The summed E-state index contributed by atoms with van der Waals surface area (Å²) in [5, 5.41) is 4.99. The number of ether oxygens (including phenoxy) is 1. The van der Waals surface area contributed by atoms with E-state index in [9.17, 15) is 23.6 Å². The van der Waals surface area contributed by atoms with Gasteiger partial charge in [-0.05, 0) is 38.0 Å². The summed E-state index contributed by atoms with van der Waals surface area (Å²) in [5.41, 5.74) is -0.380. The Labute approximate surface area is 162 Å². The Kier molecular flexibility index (Phi) is 6.71. The molecule has 1 atom stereocenters. The summed E-state index contributed by atoms with van der Waals surface area (Å²) in [6, 6.07) is 3.51. The Morgan fingerprint density at radius 3 is 2.68 bits per heavy atom. The Balaban J connectivity index is 1.84. The number of urea groups is 1. The van der Waals surface area contributed by atoms with Gasteiger partial charge in [-0.3, -0.25) is 19.3 Å². The van der Waals surface area contributed by atoms with Crippen molar-refractivity contribution in [2.75, 3.05) is 18.5 Å². The number of rotatable bonds is 8. The lowest BCUT2D eigenvalue weighted by Crippen LogP contribution is -2.44. The molecular weight excluding hydrogens is 369 g/mol. The van der Waals surface area contributed by atoms with Crippen LogP contribution >= 0.6 is 0 Å². The zero-order chi connectivity index (χ0) is 20.9. The monoisotopic (exact) mass is 393 g/mol. The van der Waals surface area contributed by atoms with E-state index >= 15 is 0 Å². The SMILES string of the molecule is CCCC[C@@]1(C)NC(=O)N(CC(=O)OCC(=O)Nc2ccc(C)c(F)c2)C1=O. The number of halogens is 1. The number of esters is 1. The summed E-state index contributed by atoms with van der Waals surface area (Å²) in [6.45, 7) is 3.97. The lowest BCUT2D eigenvalue weighted by atomic mass is 9.95. The predicted molar refractivity (Wildman–Crippen MR) is 98.9 cm³/mol. The van der Waals surface area contributed by atoms with Gasteiger partial charge in [0, 0.05) is 5.69 Å². The largest absolute Gasteiger partial charge is 0.454 e. The van der Waals surface area contributed by atoms with Gasteiger partial charge < -0.3 is 15.4 Å². The molecular formula is C19H24FN3O5. The third kappa shape index (κ3) is 5.05. The molecule has 1 heterocycles. The Morgan fingerprint density at radius 2 is 2.04 bits per heavy atom. The Morgan fingerprint density at radius 1 is 1.32 bits per heavy atom. The quantitative estimate of drug-likeness (QED) is 0.520. The molecule has 0 radical (unpaired) electrons. The number of hydrogen-bond donors (Lipinski definition) is 2. The molecule has 28 heavy (non-hydrogen) atoms. The van der Waals surface area contributed by atoms with Gasteiger partial charge in [-0.1, -0.05) is 25.8 Å². The molecule has 1 fully saturated rings. The van der Waals surface area contributed by atoms with Crippen LogP contribution < -0.4 is 10.6 Å². The molecule has 0 aliphatic carbocycles. The van der Waals surface area contributed by atoms with Gasteiger partial charge in [0.25, 0.3) is 11.8 Å². The molecule has 0 aromatic heterocycles.